The van der Waals surface area contributed by atoms with E-state index in [1.54, 1.807) is 11.8 Å². The van der Waals surface area contributed by atoms with Gasteiger partial charge in [0.15, 0.2) is 0 Å². The monoisotopic (exact) mass is 611 g/mol. The Balaban J connectivity index is 1.31. The van der Waals surface area contributed by atoms with Crippen molar-refractivity contribution in [2.75, 3.05) is 4.90 Å². The molecule has 1 aromatic heterocycles. The van der Waals surface area contributed by atoms with Crippen LogP contribution in [0.1, 0.15) is 0 Å². The van der Waals surface area contributed by atoms with Gasteiger partial charge in [-0.3, -0.25) is 4.90 Å². The molecule has 0 saturated heterocycles. The SMILES string of the molecule is c1ccc([Si-](c2ccccc2)(c2ccccc2)c2cccc(-c3ccnc(N4c5ccccc5Sc5ccccc54)n3)c2)cc1. The summed E-state index contributed by atoms with van der Waals surface area (Å²) in [4.78, 5) is 14.6. The Morgan fingerprint density at radius 2 is 0.956 bits per heavy atom. The van der Waals surface area contributed by atoms with Gasteiger partial charge in [0, 0.05) is 16.0 Å². The number of hydrogen-bond donors (Lipinski definition) is 0. The lowest BCUT2D eigenvalue weighted by atomic mass is 10.1. The fourth-order valence-electron chi connectivity index (χ4n) is 6.51. The lowest BCUT2D eigenvalue weighted by Gasteiger charge is -2.47. The summed E-state index contributed by atoms with van der Waals surface area (Å²) in [5.74, 6) is 0.663. The zero-order valence-corrected chi connectivity index (χ0v) is 26.3. The smallest absolute Gasteiger partial charge is 0.235 e. The maximum absolute atomic E-state index is 5.23. The minimum Gasteiger partial charge on any atom is -0.277 e. The highest BCUT2D eigenvalue weighted by molar-refractivity contribution is 7.99. The normalized spacial score (nSPS) is 12.3. The third-order valence-corrected chi connectivity index (χ3v) is 14.4. The lowest BCUT2D eigenvalue weighted by Crippen LogP contribution is -2.74. The van der Waals surface area contributed by atoms with Crippen molar-refractivity contribution in [3.8, 4) is 11.3 Å². The molecule has 0 unspecified atom stereocenters. The second-order valence-corrected chi connectivity index (χ2v) is 15.9. The number of rotatable bonds is 6. The predicted octanol–water partition coefficient (Wildman–Crippen LogP) is 7.46. The third-order valence-electron chi connectivity index (χ3n) is 8.49. The van der Waals surface area contributed by atoms with Gasteiger partial charge in [-0.05, 0) is 44.0 Å². The highest BCUT2D eigenvalue weighted by atomic mass is 32.2. The van der Waals surface area contributed by atoms with Crippen LogP contribution in [-0.4, -0.2) is 18.0 Å². The summed E-state index contributed by atoms with van der Waals surface area (Å²) in [6.07, 6.45) is 1.88. The van der Waals surface area contributed by atoms with Crippen molar-refractivity contribution in [3.63, 3.8) is 0 Å². The van der Waals surface area contributed by atoms with E-state index in [1.807, 2.05) is 12.3 Å². The quantitative estimate of drug-likeness (QED) is 0.144. The molecule has 8 rings (SSSR count). The van der Waals surface area contributed by atoms with Crippen LogP contribution in [0.3, 0.4) is 0 Å². The average Bonchev–Trinajstić information content (AvgIpc) is 3.12. The molecule has 5 heteroatoms. The maximum Gasteiger partial charge on any atom is 0.235 e. The molecular formula is C40H29N3SSi-. The maximum atomic E-state index is 5.23. The van der Waals surface area contributed by atoms with Crippen molar-refractivity contribution >= 4 is 57.9 Å². The van der Waals surface area contributed by atoms with E-state index in [2.05, 4.69) is 169 Å². The van der Waals surface area contributed by atoms with Gasteiger partial charge in [0.1, 0.15) is 0 Å². The molecule has 0 fully saturated rings. The first-order valence-electron chi connectivity index (χ1n) is 15.1. The molecule has 0 aliphatic carbocycles. The summed E-state index contributed by atoms with van der Waals surface area (Å²) in [7, 11) is -2.66. The van der Waals surface area contributed by atoms with E-state index in [0.717, 1.165) is 22.6 Å². The Kier molecular flexibility index (Phi) is 7.10. The van der Waals surface area contributed by atoms with Crippen molar-refractivity contribution in [2.45, 2.75) is 9.79 Å². The number of para-hydroxylation sites is 2. The fourth-order valence-corrected chi connectivity index (χ4v) is 12.4. The molecule has 0 N–H and O–H groups in total. The topological polar surface area (TPSA) is 29.0 Å². The van der Waals surface area contributed by atoms with Crippen molar-refractivity contribution < 1.29 is 0 Å². The van der Waals surface area contributed by atoms with Crippen molar-refractivity contribution in [1.29, 1.82) is 0 Å². The van der Waals surface area contributed by atoms with Crippen LogP contribution >= 0.6 is 11.8 Å². The van der Waals surface area contributed by atoms with Gasteiger partial charge in [0.25, 0.3) is 0 Å². The molecule has 2 heterocycles. The Hall–Kier alpha value is -5.23. The van der Waals surface area contributed by atoms with Gasteiger partial charge in [-0.15, -0.1) is 0 Å². The van der Waals surface area contributed by atoms with Crippen LogP contribution in [0.4, 0.5) is 17.3 Å². The molecule has 0 atom stereocenters. The zero-order chi connectivity index (χ0) is 30.1. The Morgan fingerprint density at radius 1 is 0.467 bits per heavy atom. The second kappa shape index (κ2) is 11.7. The molecular weight excluding hydrogens is 583 g/mol. The van der Waals surface area contributed by atoms with E-state index in [9.17, 15) is 0 Å². The molecule has 215 valence electrons. The number of nitrogens with zero attached hydrogens (tertiary/aromatic N) is 3. The Bertz CT molecular complexity index is 1960. The molecule has 0 radical (unpaired) electrons. The molecule has 0 amide bonds. The predicted molar refractivity (Wildman–Crippen MR) is 190 cm³/mol. The largest absolute Gasteiger partial charge is 0.277 e. The Morgan fingerprint density at radius 3 is 1.51 bits per heavy atom. The van der Waals surface area contributed by atoms with Gasteiger partial charge in [-0.1, -0.05) is 151 Å². The molecule has 0 bridgehead atoms. The molecule has 6 aromatic carbocycles. The molecule has 1 aliphatic rings. The first-order valence-corrected chi connectivity index (χ1v) is 17.9. The van der Waals surface area contributed by atoms with Crippen molar-refractivity contribution in [2.24, 2.45) is 0 Å². The highest BCUT2D eigenvalue weighted by Gasteiger charge is 2.29. The van der Waals surface area contributed by atoms with Gasteiger partial charge in [0.05, 0.1) is 17.1 Å². The number of aromatic nitrogens is 2. The summed E-state index contributed by atoms with van der Waals surface area (Å²) in [5.41, 5.74) is 4.16. The Labute approximate surface area is 268 Å². The molecule has 3 nitrogen and oxygen atoms in total. The lowest BCUT2D eigenvalue weighted by molar-refractivity contribution is 1.05. The first kappa shape index (κ1) is 27.3. The van der Waals surface area contributed by atoms with Crippen molar-refractivity contribution in [1.82, 2.24) is 9.97 Å². The zero-order valence-electron chi connectivity index (χ0n) is 24.5. The van der Waals surface area contributed by atoms with Crippen molar-refractivity contribution in [3.05, 3.63) is 176 Å². The second-order valence-electron chi connectivity index (χ2n) is 11.0. The van der Waals surface area contributed by atoms with E-state index >= 15 is 0 Å². The minimum atomic E-state index is -2.66. The van der Waals surface area contributed by atoms with Crippen LogP contribution in [0.2, 0.25) is 0 Å². The third kappa shape index (κ3) is 4.77. The van der Waals surface area contributed by atoms with Crippen LogP contribution in [0, 0.1) is 0 Å². The van der Waals surface area contributed by atoms with Gasteiger partial charge in [0.2, 0.25) is 5.95 Å². The van der Waals surface area contributed by atoms with Gasteiger partial charge >= 0.3 is 0 Å². The molecule has 1 aliphatic heterocycles. The summed E-state index contributed by atoms with van der Waals surface area (Å²) in [5, 5.41) is 5.36. The molecule has 45 heavy (non-hydrogen) atoms. The fraction of sp³-hybridized carbons (Fsp3) is 0. The summed E-state index contributed by atoms with van der Waals surface area (Å²) >= 11 is 1.79. The van der Waals surface area contributed by atoms with E-state index in [-0.39, 0.29) is 0 Å². The van der Waals surface area contributed by atoms with E-state index in [4.69, 9.17) is 9.97 Å². The number of benzene rings is 6. The van der Waals surface area contributed by atoms with Gasteiger partial charge in [-0.2, -0.15) is 20.7 Å². The summed E-state index contributed by atoms with van der Waals surface area (Å²) in [6.45, 7) is 0. The minimum absolute atomic E-state index is 0.663. The first-order chi connectivity index (χ1) is 22.3. The van der Waals surface area contributed by atoms with Crippen LogP contribution in [0.5, 0.6) is 0 Å². The van der Waals surface area contributed by atoms with E-state index in [1.165, 1.54) is 30.5 Å². The van der Waals surface area contributed by atoms with E-state index in [0.29, 0.717) is 5.95 Å². The summed E-state index contributed by atoms with van der Waals surface area (Å²) in [6, 6.07) is 61.1. The van der Waals surface area contributed by atoms with Crippen LogP contribution < -0.4 is 25.6 Å². The van der Waals surface area contributed by atoms with Crippen LogP contribution in [-0.2, 0) is 0 Å². The standard InChI is InChI=1S/C40H29N3SSi/c1-4-16-31(17-5-1)45(32-18-6-2-7-19-32,33-20-8-3-9-21-33)34-22-14-15-30(29-34)35-27-28-41-40(42-35)43-36-23-10-12-25-38(36)44-39-26-13-11-24-37(39)43/h1-29H/q-1. The molecule has 0 spiro atoms. The van der Waals surface area contributed by atoms with Crippen LogP contribution in [0.25, 0.3) is 11.3 Å². The highest BCUT2D eigenvalue weighted by Crippen LogP contribution is 2.50. The molecule has 7 aromatic rings. The average molecular weight is 612 g/mol. The summed E-state index contributed by atoms with van der Waals surface area (Å²) < 4.78 is 0. The van der Waals surface area contributed by atoms with Crippen LogP contribution in [0.15, 0.2) is 186 Å². The number of fused-ring (bicyclic) bond motifs is 2. The number of anilines is 3. The number of hydrogen-bond acceptors (Lipinski definition) is 4. The molecule has 0 saturated carbocycles. The van der Waals surface area contributed by atoms with Gasteiger partial charge in [-0.25, -0.2) is 9.97 Å². The van der Waals surface area contributed by atoms with Gasteiger partial charge < -0.3 is 0 Å². The van der Waals surface area contributed by atoms with E-state index < -0.39 is 8.07 Å².